The van der Waals surface area contributed by atoms with Crippen LogP contribution in [0.2, 0.25) is 0 Å². The molecule has 3 N–H and O–H groups in total. The second-order valence-electron chi connectivity index (χ2n) is 8.43. The second kappa shape index (κ2) is 8.80. The predicted molar refractivity (Wildman–Crippen MR) is 126 cm³/mol. The van der Waals surface area contributed by atoms with Gasteiger partial charge in [0.25, 0.3) is 0 Å². The van der Waals surface area contributed by atoms with Crippen molar-refractivity contribution in [3.05, 3.63) is 64.8 Å². The fraction of sp³-hybridized carbons (Fsp3) is 0.304. The lowest BCUT2D eigenvalue weighted by molar-refractivity contribution is -0.137. The van der Waals surface area contributed by atoms with E-state index in [4.69, 9.17) is 0 Å². The first-order valence-corrected chi connectivity index (χ1v) is 13.1. The van der Waals surface area contributed by atoms with Gasteiger partial charge in [-0.2, -0.15) is 18.2 Å². The van der Waals surface area contributed by atoms with Gasteiger partial charge in [0.15, 0.2) is 0 Å². The highest BCUT2D eigenvalue weighted by Crippen LogP contribution is 2.39. The first kappa shape index (κ1) is 23.3. The molecule has 3 aromatic rings. The number of fused-ring (bicyclic) bond motifs is 1. The van der Waals surface area contributed by atoms with Gasteiger partial charge in [0.1, 0.15) is 13.0 Å². The molecule has 0 saturated carbocycles. The molecule has 0 spiro atoms. The Hall–Kier alpha value is -2.90. The highest BCUT2D eigenvalue weighted by atomic mass is 31.2. The first-order valence-electron chi connectivity index (χ1n) is 10.5. The quantitative estimate of drug-likeness (QED) is 0.441. The molecule has 4 rings (SSSR count). The average molecular weight is 475 g/mol. The Bertz CT molecular complexity index is 1240. The molecule has 0 aliphatic carbocycles. The minimum atomic E-state index is -4.52. The van der Waals surface area contributed by atoms with Gasteiger partial charge < -0.3 is 20.5 Å². The Labute approximate surface area is 190 Å². The summed E-state index contributed by atoms with van der Waals surface area (Å²) in [6.07, 6.45) is -2.44. The lowest BCUT2D eigenvalue weighted by Gasteiger charge is -2.22. The lowest BCUT2D eigenvalue weighted by atomic mass is 9.96. The maximum Gasteiger partial charge on any atom is 0.418 e. The van der Waals surface area contributed by atoms with Gasteiger partial charge in [-0.15, -0.1) is 0 Å². The molecule has 0 amide bonds. The Kier molecular flexibility index (Phi) is 6.20. The van der Waals surface area contributed by atoms with Gasteiger partial charge in [0.05, 0.1) is 16.9 Å². The summed E-state index contributed by atoms with van der Waals surface area (Å²) in [7, 11) is -2.56. The van der Waals surface area contributed by atoms with Crippen LogP contribution < -0.4 is 21.3 Å². The molecule has 0 atom stereocenters. The number of para-hydroxylation sites is 1. The summed E-state index contributed by atoms with van der Waals surface area (Å²) < 4.78 is 54.0. The van der Waals surface area contributed by atoms with Crippen LogP contribution in [-0.4, -0.2) is 29.8 Å². The van der Waals surface area contributed by atoms with Gasteiger partial charge in [0, 0.05) is 23.6 Å². The molecule has 2 heterocycles. The molecule has 0 bridgehead atoms. The van der Waals surface area contributed by atoms with Gasteiger partial charge >= 0.3 is 6.18 Å². The fourth-order valence-electron chi connectivity index (χ4n) is 3.80. The molecule has 2 aromatic carbocycles. The average Bonchev–Trinajstić information content (AvgIpc) is 2.74. The Morgan fingerprint density at radius 1 is 1.06 bits per heavy atom. The van der Waals surface area contributed by atoms with Crippen molar-refractivity contribution in [2.24, 2.45) is 0 Å². The number of nitrogens with one attached hydrogen (secondary N) is 3. The SMILES string of the molecule is Cc1cnc(Nc2cc3c(cc2C(F)(F)F)CCNC3)nc1Nc1ccccc1P(C)(C)=O. The largest absolute Gasteiger partial charge is 0.418 e. The van der Waals surface area contributed by atoms with Gasteiger partial charge in [-0.3, -0.25) is 0 Å². The Balaban J connectivity index is 1.70. The van der Waals surface area contributed by atoms with Gasteiger partial charge in [0.2, 0.25) is 5.95 Å². The van der Waals surface area contributed by atoms with Crippen LogP contribution in [0.4, 0.5) is 36.3 Å². The molecule has 33 heavy (non-hydrogen) atoms. The third-order valence-corrected chi connectivity index (χ3v) is 7.04. The lowest BCUT2D eigenvalue weighted by Crippen LogP contribution is -2.24. The van der Waals surface area contributed by atoms with Gasteiger partial charge in [-0.25, -0.2) is 4.98 Å². The third-order valence-electron chi connectivity index (χ3n) is 5.49. The number of rotatable bonds is 5. The molecular weight excluding hydrogens is 450 g/mol. The number of nitrogens with zero attached hydrogens (tertiary/aromatic N) is 2. The summed E-state index contributed by atoms with van der Waals surface area (Å²) in [4.78, 5) is 8.60. The number of aryl methyl sites for hydroxylation is 1. The molecule has 0 radical (unpaired) electrons. The van der Waals surface area contributed by atoms with Gasteiger partial charge in [-0.05, 0) is 68.6 Å². The van der Waals surface area contributed by atoms with Crippen LogP contribution in [0, 0.1) is 6.92 Å². The minimum Gasteiger partial charge on any atom is -0.339 e. The summed E-state index contributed by atoms with van der Waals surface area (Å²) >= 11 is 0. The monoisotopic (exact) mass is 475 g/mol. The second-order valence-corrected chi connectivity index (χ2v) is 11.6. The molecule has 174 valence electrons. The topological polar surface area (TPSA) is 78.9 Å². The molecule has 0 unspecified atom stereocenters. The highest BCUT2D eigenvalue weighted by molar-refractivity contribution is 7.70. The molecule has 1 aliphatic rings. The van der Waals surface area contributed by atoms with Gasteiger partial charge in [-0.1, -0.05) is 12.1 Å². The smallest absolute Gasteiger partial charge is 0.339 e. The molecule has 6 nitrogen and oxygen atoms in total. The van der Waals surface area contributed by atoms with Crippen molar-refractivity contribution in [3.8, 4) is 0 Å². The van der Waals surface area contributed by atoms with E-state index >= 15 is 0 Å². The van der Waals surface area contributed by atoms with Crippen LogP contribution in [-0.2, 0) is 23.7 Å². The van der Waals surface area contributed by atoms with Crippen molar-refractivity contribution in [2.45, 2.75) is 26.1 Å². The summed E-state index contributed by atoms with van der Waals surface area (Å²) in [5, 5.41) is 9.78. The summed E-state index contributed by atoms with van der Waals surface area (Å²) in [6, 6.07) is 9.93. The van der Waals surface area contributed by atoms with E-state index in [0.717, 1.165) is 5.56 Å². The van der Waals surface area contributed by atoms with E-state index in [-0.39, 0.29) is 11.6 Å². The number of aromatic nitrogens is 2. The van der Waals surface area contributed by atoms with E-state index in [9.17, 15) is 17.7 Å². The van der Waals surface area contributed by atoms with E-state index in [2.05, 4.69) is 25.9 Å². The first-order chi connectivity index (χ1) is 15.5. The minimum absolute atomic E-state index is 0.0333. The highest BCUT2D eigenvalue weighted by Gasteiger charge is 2.35. The zero-order valence-corrected chi connectivity index (χ0v) is 19.4. The van der Waals surface area contributed by atoms with Crippen molar-refractivity contribution in [2.75, 3.05) is 30.5 Å². The molecule has 1 aliphatic heterocycles. The zero-order chi connectivity index (χ0) is 23.8. The molecule has 1 aromatic heterocycles. The number of benzene rings is 2. The van der Waals surface area contributed by atoms with Crippen molar-refractivity contribution in [1.82, 2.24) is 15.3 Å². The third kappa shape index (κ3) is 5.20. The van der Waals surface area contributed by atoms with Crippen LogP contribution >= 0.6 is 7.14 Å². The van der Waals surface area contributed by atoms with Crippen molar-refractivity contribution in [1.29, 1.82) is 0 Å². The van der Waals surface area contributed by atoms with Crippen molar-refractivity contribution >= 4 is 35.6 Å². The summed E-state index contributed by atoms with van der Waals surface area (Å²) in [6.45, 7) is 6.30. The normalized spacial score (nSPS) is 14.0. The van der Waals surface area contributed by atoms with E-state index in [1.807, 2.05) is 12.1 Å². The summed E-state index contributed by atoms with van der Waals surface area (Å²) in [5.41, 5.74) is 2.01. The maximum absolute atomic E-state index is 13.8. The Morgan fingerprint density at radius 3 is 2.55 bits per heavy atom. The maximum atomic E-state index is 13.8. The molecule has 0 fully saturated rings. The zero-order valence-electron chi connectivity index (χ0n) is 18.5. The number of anilines is 4. The van der Waals surface area contributed by atoms with E-state index in [1.165, 1.54) is 18.3 Å². The Morgan fingerprint density at radius 2 is 1.82 bits per heavy atom. The number of alkyl halides is 3. The number of hydrogen-bond donors (Lipinski definition) is 3. The van der Waals surface area contributed by atoms with Crippen LogP contribution in [0.3, 0.4) is 0 Å². The van der Waals surface area contributed by atoms with Crippen LogP contribution in [0.1, 0.15) is 22.3 Å². The van der Waals surface area contributed by atoms with E-state index < -0.39 is 18.9 Å². The van der Waals surface area contributed by atoms with E-state index in [0.29, 0.717) is 47.4 Å². The fourth-order valence-corrected chi connectivity index (χ4v) is 4.95. The van der Waals surface area contributed by atoms with Crippen molar-refractivity contribution in [3.63, 3.8) is 0 Å². The van der Waals surface area contributed by atoms with Crippen LogP contribution in [0.5, 0.6) is 0 Å². The summed E-state index contributed by atoms with van der Waals surface area (Å²) in [5.74, 6) is 0.451. The predicted octanol–water partition coefficient (Wildman–Crippen LogP) is 5.18. The van der Waals surface area contributed by atoms with Crippen LogP contribution in [0.15, 0.2) is 42.6 Å². The van der Waals surface area contributed by atoms with Crippen LogP contribution in [0.25, 0.3) is 0 Å². The molecule has 10 heteroatoms. The number of hydrogen-bond acceptors (Lipinski definition) is 6. The molecular formula is C23H25F3N5OP. The van der Waals surface area contributed by atoms with E-state index in [1.54, 1.807) is 32.4 Å². The number of halogens is 3. The molecule has 0 saturated heterocycles. The van der Waals surface area contributed by atoms with Crippen molar-refractivity contribution < 1.29 is 17.7 Å². The standard InChI is InChI=1S/C23H25F3N5OP/c1-14-12-28-22(31-21(14)29-18-6-4-5-7-20(18)33(2,3)32)30-19-11-16-13-27-9-8-15(16)10-17(19)23(24,25)26/h4-7,10-12,27H,8-9,13H2,1-3H3,(H2,28,29,30,31).